The first-order valence-corrected chi connectivity index (χ1v) is 7.82. The van der Waals surface area contributed by atoms with Crippen molar-refractivity contribution in [3.05, 3.63) is 48.2 Å². The van der Waals surface area contributed by atoms with Crippen molar-refractivity contribution in [1.82, 2.24) is 19.9 Å². The van der Waals surface area contributed by atoms with Gasteiger partial charge in [0.15, 0.2) is 0 Å². The molecular weight excluding hydrogens is 274 g/mol. The van der Waals surface area contributed by atoms with E-state index in [1.165, 1.54) is 12.0 Å². The lowest BCUT2D eigenvalue weighted by Gasteiger charge is -2.22. The Morgan fingerprint density at radius 2 is 2.27 bits per heavy atom. The maximum atomic E-state index is 4.40. The van der Waals surface area contributed by atoms with Crippen molar-refractivity contribution in [2.75, 3.05) is 31.6 Å². The molecule has 1 fully saturated rings. The number of hydrogen-bond acceptors (Lipinski definition) is 5. The van der Waals surface area contributed by atoms with Crippen LogP contribution in [0.5, 0.6) is 0 Å². The highest BCUT2D eigenvalue weighted by Crippen LogP contribution is 2.23. The van der Waals surface area contributed by atoms with Crippen molar-refractivity contribution in [2.45, 2.75) is 19.9 Å². The fourth-order valence-electron chi connectivity index (χ4n) is 3.11. The number of rotatable bonds is 5. The lowest BCUT2D eigenvalue weighted by molar-refractivity contribution is 0.279. The molecule has 1 aliphatic rings. The van der Waals surface area contributed by atoms with Gasteiger partial charge in [-0.15, -0.1) is 0 Å². The molecule has 3 heterocycles. The van der Waals surface area contributed by atoms with Crippen molar-refractivity contribution in [3.8, 4) is 0 Å². The Balaban J connectivity index is 1.52. The first-order valence-electron chi connectivity index (χ1n) is 7.82. The summed E-state index contributed by atoms with van der Waals surface area (Å²) in [6.45, 7) is 6.24. The summed E-state index contributed by atoms with van der Waals surface area (Å²) in [5.74, 6) is 1.75. The Morgan fingerprint density at radius 1 is 1.36 bits per heavy atom. The first kappa shape index (κ1) is 14.9. The second-order valence-electron chi connectivity index (χ2n) is 6.18. The maximum absolute atomic E-state index is 4.40. The quantitative estimate of drug-likeness (QED) is 0.846. The molecule has 3 rings (SSSR count). The molecule has 2 aromatic heterocycles. The minimum Gasteiger partial charge on any atom is -0.356 e. The van der Waals surface area contributed by atoms with Crippen LogP contribution in [0.15, 0.2) is 36.9 Å². The van der Waals surface area contributed by atoms with E-state index in [1.807, 2.05) is 25.4 Å². The van der Waals surface area contributed by atoms with E-state index in [1.54, 1.807) is 6.33 Å². The van der Waals surface area contributed by atoms with Gasteiger partial charge < -0.3 is 9.80 Å². The van der Waals surface area contributed by atoms with Crippen LogP contribution in [0.4, 0.5) is 5.82 Å². The van der Waals surface area contributed by atoms with Gasteiger partial charge in [0.25, 0.3) is 0 Å². The average molecular weight is 297 g/mol. The molecule has 0 unspecified atom stereocenters. The Morgan fingerprint density at radius 3 is 3.05 bits per heavy atom. The van der Waals surface area contributed by atoms with E-state index in [2.05, 4.69) is 43.9 Å². The summed E-state index contributed by atoms with van der Waals surface area (Å²) in [5, 5.41) is 0. The number of aromatic nitrogens is 3. The third-order valence-corrected chi connectivity index (χ3v) is 4.14. The van der Waals surface area contributed by atoms with Gasteiger partial charge >= 0.3 is 0 Å². The molecule has 0 N–H and O–H groups in total. The average Bonchev–Trinajstić information content (AvgIpc) is 2.96. The van der Waals surface area contributed by atoms with E-state index in [0.29, 0.717) is 5.92 Å². The largest absolute Gasteiger partial charge is 0.356 e. The third kappa shape index (κ3) is 3.80. The van der Waals surface area contributed by atoms with Gasteiger partial charge in [0.1, 0.15) is 12.1 Å². The minimum atomic E-state index is 0.692. The van der Waals surface area contributed by atoms with E-state index in [-0.39, 0.29) is 0 Å². The molecule has 0 radical (unpaired) electrons. The maximum Gasteiger partial charge on any atom is 0.132 e. The number of aryl methyl sites for hydroxylation is 1. The van der Waals surface area contributed by atoms with Gasteiger partial charge in [-0.1, -0.05) is 6.07 Å². The molecule has 1 aliphatic heterocycles. The molecule has 0 bridgehead atoms. The number of nitrogens with zero attached hydrogens (tertiary/aromatic N) is 5. The zero-order valence-corrected chi connectivity index (χ0v) is 13.3. The van der Waals surface area contributed by atoms with Crippen molar-refractivity contribution in [1.29, 1.82) is 0 Å². The van der Waals surface area contributed by atoms with Gasteiger partial charge in [0, 0.05) is 50.3 Å². The predicted molar refractivity (Wildman–Crippen MR) is 87.7 cm³/mol. The van der Waals surface area contributed by atoms with E-state index < -0.39 is 0 Å². The summed E-state index contributed by atoms with van der Waals surface area (Å²) >= 11 is 0. The zero-order chi connectivity index (χ0) is 15.4. The minimum absolute atomic E-state index is 0.692. The monoisotopic (exact) mass is 297 g/mol. The summed E-state index contributed by atoms with van der Waals surface area (Å²) in [4.78, 5) is 17.5. The molecule has 0 aromatic carbocycles. The highest BCUT2D eigenvalue weighted by Gasteiger charge is 2.24. The fourth-order valence-corrected chi connectivity index (χ4v) is 3.11. The topological polar surface area (TPSA) is 45.2 Å². The zero-order valence-electron chi connectivity index (χ0n) is 13.3. The lowest BCUT2D eigenvalue weighted by Crippen LogP contribution is -2.28. The highest BCUT2D eigenvalue weighted by molar-refractivity contribution is 5.39. The third-order valence-electron chi connectivity index (χ3n) is 4.14. The second kappa shape index (κ2) is 6.83. The molecule has 1 atom stereocenters. The van der Waals surface area contributed by atoms with Gasteiger partial charge in [-0.2, -0.15) is 0 Å². The predicted octanol–water partition coefficient (Wildman–Crippen LogP) is 2.14. The van der Waals surface area contributed by atoms with Crippen LogP contribution < -0.4 is 4.90 Å². The SMILES string of the molecule is Cc1cc(N2CC[C@@H](CN(C)Cc3cccnc3)C2)ncn1. The molecule has 0 amide bonds. The van der Waals surface area contributed by atoms with E-state index >= 15 is 0 Å². The summed E-state index contributed by atoms with van der Waals surface area (Å²) in [6.07, 6.45) is 6.65. The van der Waals surface area contributed by atoms with Crippen molar-refractivity contribution >= 4 is 5.82 Å². The van der Waals surface area contributed by atoms with Gasteiger partial charge in [-0.05, 0) is 37.9 Å². The normalized spacial score (nSPS) is 18.1. The molecule has 2 aromatic rings. The van der Waals surface area contributed by atoms with Crippen LogP contribution >= 0.6 is 0 Å². The molecule has 5 nitrogen and oxygen atoms in total. The van der Waals surface area contributed by atoms with Gasteiger partial charge in [-0.25, -0.2) is 9.97 Å². The van der Waals surface area contributed by atoms with Crippen LogP contribution in [0, 0.1) is 12.8 Å². The lowest BCUT2D eigenvalue weighted by atomic mass is 10.1. The Hall–Kier alpha value is -2.01. The van der Waals surface area contributed by atoms with Gasteiger partial charge in [0.2, 0.25) is 0 Å². The standard InChI is InChI=1S/C17H23N5/c1-14-8-17(20-13-19-14)22-7-5-16(12-22)11-21(2)10-15-4-3-6-18-9-15/h3-4,6,8-9,13,16H,5,7,10-12H2,1-2H3/t16-/m0/s1. The van der Waals surface area contributed by atoms with Crippen LogP contribution in [0.2, 0.25) is 0 Å². The van der Waals surface area contributed by atoms with E-state index in [9.17, 15) is 0 Å². The van der Waals surface area contributed by atoms with Crippen LogP contribution in [0.25, 0.3) is 0 Å². The Bertz CT molecular complexity index is 601. The summed E-state index contributed by atoms with van der Waals surface area (Å²) in [6, 6.07) is 6.20. The summed E-state index contributed by atoms with van der Waals surface area (Å²) in [7, 11) is 2.19. The summed E-state index contributed by atoms with van der Waals surface area (Å²) < 4.78 is 0. The smallest absolute Gasteiger partial charge is 0.132 e. The van der Waals surface area contributed by atoms with E-state index in [4.69, 9.17) is 0 Å². The highest BCUT2D eigenvalue weighted by atomic mass is 15.2. The first-order chi connectivity index (χ1) is 10.7. The fraction of sp³-hybridized carbons (Fsp3) is 0.471. The Kier molecular flexibility index (Phi) is 4.63. The van der Waals surface area contributed by atoms with Gasteiger partial charge in [0.05, 0.1) is 0 Å². The molecule has 5 heteroatoms. The van der Waals surface area contributed by atoms with Gasteiger partial charge in [-0.3, -0.25) is 4.98 Å². The van der Waals surface area contributed by atoms with Crippen molar-refractivity contribution < 1.29 is 0 Å². The van der Waals surface area contributed by atoms with Crippen LogP contribution in [0.3, 0.4) is 0 Å². The number of pyridine rings is 1. The Labute approximate surface area is 132 Å². The van der Waals surface area contributed by atoms with Crippen LogP contribution in [0.1, 0.15) is 17.7 Å². The van der Waals surface area contributed by atoms with Crippen molar-refractivity contribution in [2.24, 2.45) is 5.92 Å². The molecule has 0 spiro atoms. The summed E-state index contributed by atoms with van der Waals surface area (Å²) in [5.41, 5.74) is 2.30. The molecule has 1 saturated heterocycles. The number of hydrogen-bond donors (Lipinski definition) is 0. The van der Waals surface area contributed by atoms with Crippen LogP contribution in [-0.4, -0.2) is 46.5 Å². The number of anilines is 1. The molecular formula is C17H23N5. The molecule has 0 aliphatic carbocycles. The molecule has 0 saturated carbocycles. The second-order valence-corrected chi connectivity index (χ2v) is 6.18. The van der Waals surface area contributed by atoms with Crippen molar-refractivity contribution in [3.63, 3.8) is 0 Å². The molecule has 116 valence electrons. The van der Waals surface area contributed by atoms with E-state index in [0.717, 1.165) is 37.7 Å². The molecule has 22 heavy (non-hydrogen) atoms. The van der Waals surface area contributed by atoms with Crippen LogP contribution in [-0.2, 0) is 6.54 Å².